The van der Waals surface area contributed by atoms with Gasteiger partial charge in [0.25, 0.3) is 0 Å². The fourth-order valence-electron chi connectivity index (χ4n) is 3.01. The number of halogens is 1. The first kappa shape index (κ1) is 14.7. The van der Waals surface area contributed by atoms with Crippen LogP contribution in [0.2, 0.25) is 5.02 Å². The molecule has 1 aliphatic rings. The Bertz CT molecular complexity index is 408. The van der Waals surface area contributed by atoms with Crippen molar-refractivity contribution in [2.45, 2.75) is 45.1 Å². The van der Waals surface area contributed by atoms with Crippen molar-refractivity contribution in [3.63, 3.8) is 0 Å². The van der Waals surface area contributed by atoms with Crippen LogP contribution in [0.1, 0.15) is 38.2 Å². The van der Waals surface area contributed by atoms with Gasteiger partial charge in [-0.05, 0) is 68.3 Å². The maximum atomic E-state index is 6.09. The molecule has 2 unspecified atom stereocenters. The van der Waals surface area contributed by atoms with E-state index in [1.807, 2.05) is 18.2 Å². The Morgan fingerprint density at radius 2 is 2.21 bits per heavy atom. The van der Waals surface area contributed by atoms with E-state index in [0.29, 0.717) is 6.04 Å². The Hall–Kier alpha value is -0.730. The minimum Gasteiger partial charge on any atom is -0.496 e. The number of hydrogen-bond acceptors (Lipinski definition) is 2. The zero-order valence-corrected chi connectivity index (χ0v) is 12.7. The summed E-state index contributed by atoms with van der Waals surface area (Å²) in [4.78, 5) is 0. The first-order chi connectivity index (χ1) is 9.22. The first-order valence-corrected chi connectivity index (χ1v) is 7.66. The predicted octanol–water partition coefficient (Wildman–Crippen LogP) is 4.06. The lowest BCUT2D eigenvalue weighted by Crippen LogP contribution is -2.27. The van der Waals surface area contributed by atoms with Gasteiger partial charge in [-0.3, -0.25) is 0 Å². The molecule has 1 fully saturated rings. The van der Waals surface area contributed by atoms with Crippen LogP contribution in [0, 0.1) is 5.92 Å². The molecule has 1 aromatic rings. The Kier molecular flexibility index (Phi) is 5.53. The summed E-state index contributed by atoms with van der Waals surface area (Å²) in [6.07, 6.45) is 6.16. The van der Waals surface area contributed by atoms with E-state index in [9.17, 15) is 0 Å². The Morgan fingerprint density at radius 3 is 2.95 bits per heavy atom. The standard InChI is InChI=1S/C16H24ClNO/c1-3-8-18-15-6-4-12(10-15)9-13-11-14(17)5-7-16(13)19-2/h5,7,11-12,15,18H,3-4,6,8-10H2,1-2H3. The van der Waals surface area contributed by atoms with E-state index in [0.717, 1.165) is 29.7 Å². The maximum Gasteiger partial charge on any atom is 0.122 e. The van der Waals surface area contributed by atoms with Crippen LogP contribution in [-0.2, 0) is 6.42 Å². The lowest BCUT2D eigenvalue weighted by molar-refractivity contribution is 0.403. The Morgan fingerprint density at radius 1 is 1.37 bits per heavy atom. The summed E-state index contributed by atoms with van der Waals surface area (Å²) in [6.45, 7) is 3.36. The number of ether oxygens (including phenoxy) is 1. The van der Waals surface area contributed by atoms with E-state index in [1.165, 1.54) is 31.2 Å². The van der Waals surface area contributed by atoms with Crippen LogP contribution in [0.3, 0.4) is 0 Å². The topological polar surface area (TPSA) is 21.3 Å². The third kappa shape index (κ3) is 4.12. The lowest BCUT2D eigenvalue weighted by atomic mass is 9.97. The van der Waals surface area contributed by atoms with Gasteiger partial charge in [-0.25, -0.2) is 0 Å². The summed E-state index contributed by atoms with van der Waals surface area (Å²) in [6, 6.07) is 6.62. The number of benzene rings is 1. The highest BCUT2D eigenvalue weighted by Gasteiger charge is 2.25. The zero-order valence-electron chi connectivity index (χ0n) is 11.9. The second-order valence-electron chi connectivity index (χ2n) is 5.49. The molecule has 106 valence electrons. The minimum absolute atomic E-state index is 0.704. The normalized spacial score (nSPS) is 22.7. The van der Waals surface area contributed by atoms with Crippen molar-refractivity contribution in [3.05, 3.63) is 28.8 Å². The monoisotopic (exact) mass is 281 g/mol. The molecule has 19 heavy (non-hydrogen) atoms. The fourth-order valence-corrected chi connectivity index (χ4v) is 3.21. The van der Waals surface area contributed by atoms with Gasteiger partial charge in [-0.15, -0.1) is 0 Å². The lowest BCUT2D eigenvalue weighted by Gasteiger charge is -2.15. The second kappa shape index (κ2) is 7.16. The van der Waals surface area contributed by atoms with Crippen LogP contribution < -0.4 is 10.1 Å². The van der Waals surface area contributed by atoms with E-state index in [-0.39, 0.29) is 0 Å². The van der Waals surface area contributed by atoms with Gasteiger partial charge in [-0.1, -0.05) is 18.5 Å². The molecular weight excluding hydrogens is 258 g/mol. The summed E-state index contributed by atoms with van der Waals surface area (Å²) in [5.41, 5.74) is 1.25. The molecule has 0 saturated heterocycles. The van der Waals surface area contributed by atoms with E-state index in [1.54, 1.807) is 7.11 Å². The van der Waals surface area contributed by atoms with Crippen molar-refractivity contribution in [3.8, 4) is 5.75 Å². The van der Waals surface area contributed by atoms with Crippen molar-refractivity contribution < 1.29 is 4.74 Å². The van der Waals surface area contributed by atoms with Gasteiger partial charge in [0.05, 0.1) is 7.11 Å². The van der Waals surface area contributed by atoms with Gasteiger partial charge in [-0.2, -0.15) is 0 Å². The number of rotatable bonds is 6. The maximum absolute atomic E-state index is 6.09. The molecule has 0 aliphatic heterocycles. The summed E-state index contributed by atoms with van der Waals surface area (Å²) < 4.78 is 5.43. The van der Waals surface area contributed by atoms with Crippen molar-refractivity contribution in [2.24, 2.45) is 5.92 Å². The van der Waals surface area contributed by atoms with Gasteiger partial charge in [0, 0.05) is 11.1 Å². The van der Waals surface area contributed by atoms with E-state index >= 15 is 0 Å². The molecule has 0 amide bonds. The molecule has 0 bridgehead atoms. The van der Waals surface area contributed by atoms with E-state index in [4.69, 9.17) is 16.3 Å². The molecule has 0 heterocycles. The average molecular weight is 282 g/mol. The molecule has 1 saturated carbocycles. The highest BCUT2D eigenvalue weighted by Crippen LogP contribution is 2.32. The zero-order chi connectivity index (χ0) is 13.7. The molecule has 2 atom stereocenters. The fraction of sp³-hybridized carbons (Fsp3) is 0.625. The molecule has 0 spiro atoms. The van der Waals surface area contributed by atoms with Gasteiger partial charge in [0.15, 0.2) is 0 Å². The van der Waals surface area contributed by atoms with Gasteiger partial charge < -0.3 is 10.1 Å². The largest absolute Gasteiger partial charge is 0.496 e. The Balaban J connectivity index is 1.93. The number of methoxy groups -OCH3 is 1. The number of nitrogens with one attached hydrogen (secondary N) is 1. The summed E-state index contributed by atoms with van der Waals surface area (Å²) in [7, 11) is 1.73. The van der Waals surface area contributed by atoms with E-state index in [2.05, 4.69) is 12.2 Å². The highest BCUT2D eigenvalue weighted by molar-refractivity contribution is 6.30. The average Bonchev–Trinajstić information content (AvgIpc) is 2.84. The molecule has 3 heteroatoms. The first-order valence-electron chi connectivity index (χ1n) is 7.28. The minimum atomic E-state index is 0.704. The summed E-state index contributed by atoms with van der Waals surface area (Å²) in [5, 5.41) is 4.43. The van der Waals surface area contributed by atoms with Crippen LogP contribution in [0.25, 0.3) is 0 Å². The predicted molar refractivity (Wildman–Crippen MR) is 81.1 cm³/mol. The third-order valence-corrected chi connectivity index (χ3v) is 4.21. The van der Waals surface area contributed by atoms with Crippen molar-refractivity contribution >= 4 is 11.6 Å². The molecule has 1 aromatic carbocycles. The van der Waals surface area contributed by atoms with Crippen LogP contribution in [-0.4, -0.2) is 19.7 Å². The summed E-state index contributed by atoms with van der Waals surface area (Å²) in [5.74, 6) is 1.72. The van der Waals surface area contributed by atoms with Crippen LogP contribution in [0.5, 0.6) is 5.75 Å². The van der Waals surface area contributed by atoms with Gasteiger partial charge >= 0.3 is 0 Å². The number of hydrogen-bond donors (Lipinski definition) is 1. The molecule has 0 radical (unpaired) electrons. The van der Waals surface area contributed by atoms with Crippen molar-refractivity contribution in [2.75, 3.05) is 13.7 Å². The van der Waals surface area contributed by atoms with Crippen LogP contribution in [0.4, 0.5) is 0 Å². The molecule has 2 rings (SSSR count). The molecular formula is C16H24ClNO. The Labute approximate surface area is 121 Å². The van der Waals surface area contributed by atoms with Crippen LogP contribution in [0.15, 0.2) is 18.2 Å². The van der Waals surface area contributed by atoms with E-state index < -0.39 is 0 Å². The van der Waals surface area contributed by atoms with Gasteiger partial charge in [0.2, 0.25) is 0 Å². The molecule has 1 aliphatic carbocycles. The SMILES string of the molecule is CCCNC1CCC(Cc2cc(Cl)ccc2OC)C1. The molecule has 1 N–H and O–H groups in total. The summed E-state index contributed by atoms with van der Waals surface area (Å²) >= 11 is 6.09. The second-order valence-corrected chi connectivity index (χ2v) is 5.93. The van der Waals surface area contributed by atoms with Gasteiger partial charge in [0.1, 0.15) is 5.75 Å². The smallest absolute Gasteiger partial charge is 0.122 e. The molecule has 2 nitrogen and oxygen atoms in total. The van der Waals surface area contributed by atoms with Crippen LogP contribution >= 0.6 is 11.6 Å². The quantitative estimate of drug-likeness (QED) is 0.849. The molecule has 0 aromatic heterocycles. The van der Waals surface area contributed by atoms with Crippen molar-refractivity contribution in [1.82, 2.24) is 5.32 Å². The van der Waals surface area contributed by atoms with Crippen molar-refractivity contribution in [1.29, 1.82) is 0 Å². The third-order valence-electron chi connectivity index (χ3n) is 3.98. The highest BCUT2D eigenvalue weighted by atomic mass is 35.5.